The molecule has 2 aromatic carbocycles. The Labute approximate surface area is 188 Å². The average Bonchev–Trinajstić information content (AvgIpc) is 2.88. The minimum absolute atomic E-state index is 0.0306. The van der Waals surface area contributed by atoms with E-state index in [1.807, 2.05) is 30.3 Å². The number of esters is 1. The summed E-state index contributed by atoms with van der Waals surface area (Å²) in [5, 5.41) is 20.5. The van der Waals surface area contributed by atoms with Crippen LogP contribution in [0.2, 0.25) is 0 Å². The number of nitrogens with zero attached hydrogens (tertiary/aromatic N) is 2. The summed E-state index contributed by atoms with van der Waals surface area (Å²) in [6.07, 6.45) is 0.682. The van der Waals surface area contributed by atoms with Gasteiger partial charge in [-0.15, -0.1) is 0 Å². The molecule has 166 valence electrons. The molecule has 0 amide bonds. The largest absolute Gasteiger partial charge is 0.466 e. The Bertz CT molecular complexity index is 982. The standard InChI is InChI=1S/C26H27FN2O3/c1-2-32-24(30)14-21-16-31-15-20(22-10-6-7-11-23(22)27)12-13-26(17-28,18-29)25(21)19-8-4-3-5-9-19/h3-11,20-21,25H,2,12-16H2,1H3. The van der Waals surface area contributed by atoms with Crippen molar-refractivity contribution in [2.24, 2.45) is 11.3 Å². The second kappa shape index (κ2) is 10.9. The van der Waals surface area contributed by atoms with Crippen LogP contribution in [0.15, 0.2) is 54.6 Å². The number of ether oxygens (including phenoxy) is 2. The van der Waals surface area contributed by atoms with E-state index < -0.39 is 23.2 Å². The molecule has 32 heavy (non-hydrogen) atoms. The molecule has 0 N–H and O–H groups in total. The zero-order valence-corrected chi connectivity index (χ0v) is 18.2. The Hall–Kier alpha value is -3.22. The maximum atomic E-state index is 14.5. The fourth-order valence-corrected chi connectivity index (χ4v) is 4.66. The summed E-state index contributed by atoms with van der Waals surface area (Å²) in [4.78, 5) is 12.4. The van der Waals surface area contributed by atoms with Crippen LogP contribution < -0.4 is 0 Å². The molecule has 3 rings (SSSR count). The Morgan fingerprint density at radius 1 is 1.12 bits per heavy atom. The van der Waals surface area contributed by atoms with Crippen LogP contribution in [-0.4, -0.2) is 25.8 Å². The molecule has 0 aromatic heterocycles. The van der Waals surface area contributed by atoms with Gasteiger partial charge in [-0.05, 0) is 37.0 Å². The fraction of sp³-hybridized carbons (Fsp3) is 0.423. The normalized spacial score (nSPS) is 22.9. The smallest absolute Gasteiger partial charge is 0.306 e. The van der Waals surface area contributed by atoms with Crippen molar-refractivity contribution >= 4 is 5.97 Å². The molecule has 1 saturated heterocycles. The first-order valence-electron chi connectivity index (χ1n) is 10.9. The third kappa shape index (κ3) is 5.15. The van der Waals surface area contributed by atoms with Crippen molar-refractivity contribution in [3.8, 4) is 12.1 Å². The van der Waals surface area contributed by atoms with Crippen molar-refractivity contribution in [1.29, 1.82) is 10.5 Å². The predicted octanol–water partition coefficient (Wildman–Crippen LogP) is 5.11. The molecule has 6 heteroatoms. The summed E-state index contributed by atoms with van der Waals surface area (Å²) >= 11 is 0. The van der Waals surface area contributed by atoms with Crippen molar-refractivity contribution < 1.29 is 18.7 Å². The zero-order chi connectivity index (χ0) is 23.0. The van der Waals surface area contributed by atoms with E-state index in [1.165, 1.54) is 6.07 Å². The molecule has 1 aliphatic rings. The van der Waals surface area contributed by atoms with E-state index in [-0.39, 0.29) is 44.4 Å². The zero-order valence-electron chi connectivity index (χ0n) is 18.2. The lowest BCUT2D eigenvalue weighted by Gasteiger charge is -2.35. The highest BCUT2D eigenvalue weighted by Gasteiger charge is 2.46. The van der Waals surface area contributed by atoms with Crippen LogP contribution >= 0.6 is 0 Å². The highest BCUT2D eigenvalue weighted by atomic mass is 19.1. The Balaban J connectivity index is 2.04. The molecule has 2 aromatic rings. The number of carbonyl (C=O) groups is 1. The lowest BCUT2D eigenvalue weighted by molar-refractivity contribution is -0.145. The molecule has 1 fully saturated rings. The summed E-state index contributed by atoms with van der Waals surface area (Å²) in [6, 6.07) is 20.4. The number of hydrogen-bond donors (Lipinski definition) is 0. The van der Waals surface area contributed by atoms with Gasteiger partial charge >= 0.3 is 5.97 Å². The molecule has 3 unspecified atom stereocenters. The molecule has 1 heterocycles. The molecule has 0 aliphatic carbocycles. The van der Waals surface area contributed by atoms with Crippen LogP contribution in [0.4, 0.5) is 4.39 Å². The minimum atomic E-state index is -1.39. The highest BCUT2D eigenvalue weighted by Crippen LogP contribution is 2.48. The van der Waals surface area contributed by atoms with Gasteiger partial charge in [-0.3, -0.25) is 4.79 Å². The van der Waals surface area contributed by atoms with Crippen LogP contribution in [0.3, 0.4) is 0 Å². The third-order valence-electron chi connectivity index (χ3n) is 6.18. The number of carbonyl (C=O) groups excluding carboxylic acids is 1. The van der Waals surface area contributed by atoms with E-state index in [4.69, 9.17) is 9.47 Å². The molecular weight excluding hydrogens is 407 g/mol. The van der Waals surface area contributed by atoms with Gasteiger partial charge in [0, 0.05) is 17.8 Å². The molecule has 1 aliphatic heterocycles. The van der Waals surface area contributed by atoms with E-state index in [9.17, 15) is 19.7 Å². The lowest BCUT2D eigenvalue weighted by Crippen LogP contribution is -2.35. The van der Waals surface area contributed by atoms with Gasteiger partial charge in [0.2, 0.25) is 0 Å². The molecule has 5 nitrogen and oxygen atoms in total. The van der Waals surface area contributed by atoms with Crippen LogP contribution in [0.1, 0.15) is 49.1 Å². The Morgan fingerprint density at radius 3 is 2.47 bits per heavy atom. The van der Waals surface area contributed by atoms with Crippen molar-refractivity contribution in [2.75, 3.05) is 19.8 Å². The maximum Gasteiger partial charge on any atom is 0.306 e. The summed E-state index contributed by atoms with van der Waals surface area (Å²) in [5.41, 5.74) is -0.0781. The first kappa shape index (κ1) is 23.4. The van der Waals surface area contributed by atoms with Crippen molar-refractivity contribution in [2.45, 2.75) is 38.0 Å². The van der Waals surface area contributed by atoms with Gasteiger partial charge in [-0.25, -0.2) is 4.39 Å². The summed E-state index contributed by atoms with van der Waals surface area (Å²) in [6.45, 7) is 2.39. The average molecular weight is 435 g/mol. The number of rotatable bonds is 5. The summed E-state index contributed by atoms with van der Waals surface area (Å²) < 4.78 is 25.7. The molecular formula is C26H27FN2O3. The van der Waals surface area contributed by atoms with E-state index in [1.54, 1.807) is 25.1 Å². The topological polar surface area (TPSA) is 83.1 Å². The number of nitriles is 2. The predicted molar refractivity (Wildman–Crippen MR) is 117 cm³/mol. The van der Waals surface area contributed by atoms with Crippen LogP contribution in [-0.2, 0) is 14.3 Å². The summed E-state index contributed by atoms with van der Waals surface area (Å²) in [5.74, 6) is -2.01. The first-order valence-corrected chi connectivity index (χ1v) is 10.9. The van der Waals surface area contributed by atoms with Gasteiger partial charge in [0.25, 0.3) is 0 Å². The van der Waals surface area contributed by atoms with Crippen LogP contribution in [0, 0.1) is 39.8 Å². The van der Waals surface area contributed by atoms with Crippen molar-refractivity contribution in [3.63, 3.8) is 0 Å². The minimum Gasteiger partial charge on any atom is -0.466 e. The highest BCUT2D eigenvalue weighted by molar-refractivity contribution is 5.70. The third-order valence-corrected chi connectivity index (χ3v) is 6.18. The van der Waals surface area contributed by atoms with Gasteiger partial charge < -0.3 is 9.47 Å². The van der Waals surface area contributed by atoms with Gasteiger partial charge in [0.1, 0.15) is 5.82 Å². The molecule has 0 bridgehead atoms. The van der Waals surface area contributed by atoms with Gasteiger partial charge in [-0.2, -0.15) is 10.5 Å². The quantitative estimate of drug-likeness (QED) is 0.611. The van der Waals surface area contributed by atoms with Crippen LogP contribution in [0.25, 0.3) is 0 Å². The number of hydrogen-bond acceptors (Lipinski definition) is 5. The van der Waals surface area contributed by atoms with Crippen molar-refractivity contribution in [3.05, 3.63) is 71.5 Å². The van der Waals surface area contributed by atoms with Gasteiger partial charge in [0.05, 0.1) is 38.4 Å². The van der Waals surface area contributed by atoms with Gasteiger partial charge in [0.15, 0.2) is 5.41 Å². The van der Waals surface area contributed by atoms with Gasteiger partial charge in [-0.1, -0.05) is 48.5 Å². The number of benzene rings is 2. The summed E-state index contributed by atoms with van der Waals surface area (Å²) in [7, 11) is 0. The second-order valence-electron chi connectivity index (χ2n) is 8.15. The van der Waals surface area contributed by atoms with E-state index in [0.717, 1.165) is 5.56 Å². The SMILES string of the molecule is CCOC(=O)CC1COCC(c2ccccc2F)CCC(C#N)(C#N)C1c1ccccc1. The lowest BCUT2D eigenvalue weighted by atomic mass is 9.64. The maximum absolute atomic E-state index is 14.5. The van der Waals surface area contributed by atoms with E-state index >= 15 is 0 Å². The second-order valence-corrected chi connectivity index (χ2v) is 8.15. The molecule has 3 atom stereocenters. The van der Waals surface area contributed by atoms with E-state index in [0.29, 0.717) is 12.0 Å². The molecule has 0 saturated carbocycles. The first-order chi connectivity index (χ1) is 15.5. The Morgan fingerprint density at radius 2 is 1.81 bits per heavy atom. The van der Waals surface area contributed by atoms with Crippen LogP contribution in [0.5, 0.6) is 0 Å². The fourth-order valence-electron chi connectivity index (χ4n) is 4.66. The molecule has 0 spiro atoms. The van der Waals surface area contributed by atoms with Crippen molar-refractivity contribution in [1.82, 2.24) is 0 Å². The monoisotopic (exact) mass is 434 g/mol. The van der Waals surface area contributed by atoms with E-state index in [2.05, 4.69) is 12.1 Å². The number of halogens is 1. The molecule has 0 radical (unpaired) electrons. The Kier molecular flexibility index (Phi) is 7.98.